The number of phenols is 1. The van der Waals surface area contributed by atoms with E-state index in [0.29, 0.717) is 18.3 Å². The monoisotopic (exact) mass is 474 g/mol. The molecular formula is C29H31FN2O3. The third kappa shape index (κ3) is 2.52. The van der Waals surface area contributed by atoms with Crippen molar-refractivity contribution in [3.05, 3.63) is 65.0 Å². The van der Waals surface area contributed by atoms with Crippen LogP contribution in [0.1, 0.15) is 53.6 Å². The Morgan fingerprint density at radius 1 is 1.14 bits per heavy atom. The SMILES string of the molecule is O=C(c1ccccc1F)N1C[C@H]2OC34CCC1C2C31CCN(CC2CC2)C4Cc2ccc(O)cc21. The first-order valence-electron chi connectivity index (χ1n) is 13.3. The van der Waals surface area contributed by atoms with Gasteiger partial charge in [-0.3, -0.25) is 9.69 Å². The number of halogens is 1. The lowest BCUT2D eigenvalue weighted by Crippen LogP contribution is -2.74. The molecular weight excluding hydrogens is 443 g/mol. The number of aromatic hydroxyl groups is 1. The highest BCUT2D eigenvalue weighted by Crippen LogP contribution is 2.69. The van der Waals surface area contributed by atoms with Crippen molar-refractivity contribution in [3.8, 4) is 5.75 Å². The van der Waals surface area contributed by atoms with Gasteiger partial charge in [0, 0.05) is 36.5 Å². The van der Waals surface area contributed by atoms with Gasteiger partial charge < -0.3 is 14.7 Å². The van der Waals surface area contributed by atoms with Crippen molar-refractivity contribution in [2.75, 3.05) is 19.6 Å². The number of amides is 1. The van der Waals surface area contributed by atoms with Gasteiger partial charge in [0.2, 0.25) is 0 Å². The average molecular weight is 475 g/mol. The molecule has 182 valence electrons. The summed E-state index contributed by atoms with van der Waals surface area (Å²) in [7, 11) is 0. The molecule has 2 saturated carbocycles. The van der Waals surface area contributed by atoms with Crippen molar-refractivity contribution in [3.63, 3.8) is 0 Å². The van der Waals surface area contributed by atoms with E-state index in [9.17, 15) is 14.3 Å². The number of fused-ring (bicyclic) bond motifs is 1. The lowest BCUT2D eigenvalue weighted by molar-refractivity contribution is -0.171. The van der Waals surface area contributed by atoms with Crippen molar-refractivity contribution in [1.29, 1.82) is 0 Å². The number of phenolic OH excluding ortho intramolecular Hbond substituents is 1. The molecule has 3 heterocycles. The van der Waals surface area contributed by atoms with Gasteiger partial charge in [-0.1, -0.05) is 18.2 Å². The first kappa shape index (κ1) is 20.7. The summed E-state index contributed by atoms with van der Waals surface area (Å²) in [5.74, 6) is 0.637. The summed E-state index contributed by atoms with van der Waals surface area (Å²) in [6.07, 6.45) is 6.39. The van der Waals surface area contributed by atoms with Crippen LogP contribution in [-0.2, 0) is 16.6 Å². The molecule has 3 aliphatic carbocycles. The highest BCUT2D eigenvalue weighted by atomic mass is 19.1. The molecule has 6 atom stereocenters. The predicted octanol–water partition coefficient (Wildman–Crippen LogP) is 3.88. The van der Waals surface area contributed by atoms with Gasteiger partial charge in [-0.15, -0.1) is 0 Å². The molecule has 6 heteroatoms. The highest BCUT2D eigenvalue weighted by Gasteiger charge is 2.78. The Hall–Kier alpha value is -2.44. The Bertz CT molecular complexity index is 1250. The molecule has 0 spiro atoms. The summed E-state index contributed by atoms with van der Waals surface area (Å²) in [5.41, 5.74) is 2.26. The lowest BCUT2D eigenvalue weighted by Gasteiger charge is -2.64. The van der Waals surface area contributed by atoms with Crippen molar-refractivity contribution < 1.29 is 19.0 Å². The maximum atomic E-state index is 14.6. The quantitative estimate of drug-likeness (QED) is 0.734. The number of rotatable bonds is 3. The van der Waals surface area contributed by atoms with Gasteiger partial charge in [0.05, 0.1) is 17.3 Å². The first-order chi connectivity index (χ1) is 17.0. The molecule has 2 aromatic carbocycles. The zero-order chi connectivity index (χ0) is 23.5. The number of hydrogen-bond donors (Lipinski definition) is 1. The minimum absolute atomic E-state index is 0.0339. The van der Waals surface area contributed by atoms with Crippen molar-refractivity contribution >= 4 is 5.91 Å². The summed E-state index contributed by atoms with van der Waals surface area (Å²) >= 11 is 0. The maximum Gasteiger partial charge on any atom is 0.257 e. The molecule has 0 aromatic heterocycles. The van der Waals surface area contributed by atoms with Gasteiger partial charge in [-0.25, -0.2) is 4.39 Å². The molecule has 3 saturated heterocycles. The molecule has 6 aliphatic rings. The third-order valence-electron chi connectivity index (χ3n) is 10.4. The fourth-order valence-corrected chi connectivity index (χ4v) is 9.04. The van der Waals surface area contributed by atoms with Gasteiger partial charge in [0.1, 0.15) is 11.6 Å². The number of ether oxygens (including phenoxy) is 1. The molecule has 2 aromatic rings. The predicted molar refractivity (Wildman–Crippen MR) is 128 cm³/mol. The van der Waals surface area contributed by atoms with E-state index >= 15 is 0 Å². The second-order valence-corrected chi connectivity index (χ2v) is 11.8. The number of carbonyl (C=O) groups is 1. The fraction of sp³-hybridized carbons (Fsp3) is 0.552. The Labute approximate surface area is 204 Å². The molecule has 4 bridgehead atoms. The van der Waals surface area contributed by atoms with E-state index in [0.717, 1.165) is 44.7 Å². The van der Waals surface area contributed by atoms with Gasteiger partial charge in [0.15, 0.2) is 0 Å². The molecule has 35 heavy (non-hydrogen) atoms. The highest BCUT2D eigenvalue weighted by molar-refractivity contribution is 5.95. The number of benzene rings is 2. The van der Waals surface area contributed by atoms with E-state index in [1.54, 1.807) is 18.2 Å². The summed E-state index contributed by atoms with van der Waals surface area (Å²) in [5, 5.41) is 10.6. The summed E-state index contributed by atoms with van der Waals surface area (Å²) < 4.78 is 21.8. The van der Waals surface area contributed by atoms with Crippen LogP contribution in [0.2, 0.25) is 0 Å². The van der Waals surface area contributed by atoms with Crippen molar-refractivity contribution in [2.24, 2.45) is 11.8 Å². The smallest absolute Gasteiger partial charge is 0.257 e. The Morgan fingerprint density at radius 2 is 2.00 bits per heavy atom. The number of carbonyl (C=O) groups excluding carboxylic acids is 1. The molecule has 5 unspecified atom stereocenters. The standard InChI is InChI=1S/C29H31FN2O3/c30-22-4-2-1-3-20(22)27(34)32-16-24-26-23(32)9-10-29(35-24)25-13-18-7-8-19(33)14-21(18)28(26,29)11-12-31(25)15-17-5-6-17/h1-4,7-8,14,17,23-26,33H,5-6,9-13,15-16H2/t23?,24-,25?,26?,28?,29?/m1/s1. The van der Waals surface area contributed by atoms with E-state index in [2.05, 4.69) is 11.0 Å². The second kappa shape index (κ2) is 6.86. The van der Waals surface area contributed by atoms with E-state index < -0.39 is 5.82 Å². The van der Waals surface area contributed by atoms with Crippen LogP contribution in [0.4, 0.5) is 4.39 Å². The van der Waals surface area contributed by atoms with Gasteiger partial charge in [-0.2, -0.15) is 0 Å². The number of piperidine rings is 1. The molecule has 1 N–H and O–H groups in total. The van der Waals surface area contributed by atoms with Gasteiger partial charge in [0.25, 0.3) is 5.91 Å². The van der Waals surface area contributed by atoms with Crippen LogP contribution >= 0.6 is 0 Å². The molecule has 3 aliphatic heterocycles. The number of nitrogens with zero attached hydrogens (tertiary/aromatic N) is 2. The summed E-state index contributed by atoms with van der Waals surface area (Å²) in [6.45, 7) is 2.73. The summed E-state index contributed by atoms with van der Waals surface area (Å²) in [6, 6.07) is 12.6. The minimum atomic E-state index is -0.458. The van der Waals surface area contributed by atoms with Gasteiger partial charge in [-0.05, 0) is 86.4 Å². The van der Waals surface area contributed by atoms with E-state index in [-0.39, 0.29) is 40.6 Å². The molecule has 1 amide bonds. The van der Waals surface area contributed by atoms with E-state index in [1.807, 2.05) is 17.0 Å². The van der Waals surface area contributed by atoms with Crippen molar-refractivity contribution in [2.45, 2.75) is 67.7 Å². The van der Waals surface area contributed by atoms with E-state index in [4.69, 9.17) is 4.74 Å². The molecule has 0 radical (unpaired) electrons. The lowest BCUT2D eigenvalue weighted by atomic mass is 9.46. The molecule has 5 fully saturated rings. The largest absolute Gasteiger partial charge is 0.508 e. The van der Waals surface area contributed by atoms with Crippen LogP contribution in [0.5, 0.6) is 5.75 Å². The van der Waals surface area contributed by atoms with Crippen LogP contribution in [0.25, 0.3) is 0 Å². The topological polar surface area (TPSA) is 53.0 Å². The Morgan fingerprint density at radius 3 is 2.83 bits per heavy atom. The first-order valence-corrected chi connectivity index (χ1v) is 13.3. The van der Waals surface area contributed by atoms with Crippen LogP contribution < -0.4 is 0 Å². The zero-order valence-electron chi connectivity index (χ0n) is 19.8. The van der Waals surface area contributed by atoms with Gasteiger partial charge >= 0.3 is 0 Å². The Kier molecular flexibility index (Phi) is 4.06. The van der Waals surface area contributed by atoms with Crippen LogP contribution in [0.3, 0.4) is 0 Å². The Balaban J connectivity index is 1.25. The third-order valence-corrected chi connectivity index (χ3v) is 10.4. The van der Waals surface area contributed by atoms with Crippen molar-refractivity contribution in [1.82, 2.24) is 9.80 Å². The number of likely N-dealkylation sites (tertiary alicyclic amines) is 2. The van der Waals surface area contributed by atoms with E-state index in [1.165, 1.54) is 30.0 Å². The molecule has 5 nitrogen and oxygen atoms in total. The van der Waals surface area contributed by atoms with Crippen LogP contribution in [0, 0.1) is 17.7 Å². The average Bonchev–Trinajstić information content (AvgIpc) is 3.54. The second-order valence-electron chi connectivity index (χ2n) is 11.8. The van der Waals surface area contributed by atoms with Crippen LogP contribution in [-0.4, -0.2) is 64.2 Å². The minimum Gasteiger partial charge on any atom is -0.508 e. The normalized spacial score (nSPS) is 38.8. The summed E-state index contributed by atoms with van der Waals surface area (Å²) in [4.78, 5) is 18.2. The van der Waals surface area contributed by atoms with Crippen LogP contribution in [0.15, 0.2) is 42.5 Å². The fourth-order valence-electron chi connectivity index (χ4n) is 9.04. The maximum absolute atomic E-state index is 14.6. The number of hydrogen-bond acceptors (Lipinski definition) is 4. The zero-order valence-corrected chi connectivity index (χ0v) is 19.8. The molecule has 8 rings (SSSR count).